The van der Waals surface area contributed by atoms with Crippen LogP contribution in [0.4, 0.5) is 0 Å². The average Bonchev–Trinajstić information content (AvgIpc) is 3.06. The topological polar surface area (TPSA) is 117 Å². The van der Waals surface area contributed by atoms with Crippen LogP contribution in [0.25, 0.3) is 0 Å². The normalized spacial score (nSPS) is 10.9. The molecule has 10 nitrogen and oxygen atoms in total. The van der Waals surface area contributed by atoms with Gasteiger partial charge in [-0.2, -0.15) is 0 Å². The highest BCUT2D eigenvalue weighted by Crippen LogP contribution is 2.26. The Morgan fingerprint density at radius 3 is 1.89 bits per heavy atom. The van der Waals surface area contributed by atoms with Crippen LogP contribution in [0.1, 0.15) is 22.3 Å². The first-order chi connectivity index (χ1) is 21.4. The van der Waals surface area contributed by atoms with E-state index in [9.17, 15) is 9.59 Å². The smallest absolute Gasteiger partial charge is 0.360 e. The van der Waals surface area contributed by atoms with Crippen molar-refractivity contribution >= 4 is 23.3 Å². The lowest BCUT2D eigenvalue weighted by Gasteiger charge is -2.12. The SMILES string of the molecule is CNC(=O)/C(=N/OC)c1ccccc1Oc1ccccc1.CO/N=C(/C(=O)OC)c1ccccc1COc1ccccc1C. The summed E-state index contributed by atoms with van der Waals surface area (Å²) in [6.45, 7) is 2.29. The van der Waals surface area contributed by atoms with E-state index in [0.29, 0.717) is 29.2 Å². The molecule has 10 heteroatoms. The largest absolute Gasteiger partial charge is 0.489 e. The molecule has 0 fully saturated rings. The number of nitrogens with zero attached hydrogens (tertiary/aromatic N) is 2. The minimum Gasteiger partial charge on any atom is -0.489 e. The number of carbonyl (C=O) groups is 2. The van der Waals surface area contributed by atoms with Gasteiger partial charge in [0.05, 0.1) is 12.7 Å². The van der Waals surface area contributed by atoms with Gasteiger partial charge in [0.1, 0.15) is 38.1 Å². The molecule has 0 aliphatic heterocycles. The molecule has 4 aromatic rings. The van der Waals surface area contributed by atoms with Crippen LogP contribution < -0.4 is 14.8 Å². The van der Waals surface area contributed by atoms with E-state index in [4.69, 9.17) is 23.9 Å². The molecular weight excluding hydrogens is 562 g/mol. The minimum absolute atomic E-state index is 0.110. The molecule has 0 aromatic heterocycles. The number of amides is 1. The second-order valence-corrected chi connectivity index (χ2v) is 8.94. The summed E-state index contributed by atoms with van der Waals surface area (Å²) in [7, 11) is 5.62. The van der Waals surface area contributed by atoms with Crippen LogP contribution in [0, 0.1) is 6.92 Å². The highest BCUT2D eigenvalue weighted by Gasteiger charge is 2.20. The number of likely N-dealkylation sites (N-methyl/N-ethyl adjacent to an activating group) is 1. The van der Waals surface area contributed by atoms with Gasteiger partial charge < -0.3 is 29.2 Å². The summed E-state index contributed by atoms with van der Waals surface area (Å²) in [6, 6.07) is 31.6. The molecule has 228 valence electrons. The summed E-state index contributed by atoms with van der Waals surface area (Å²) in [4.78, 5) is 33.4. The average molecular weight is 598 g/mol. The van der Waals surface area contributed by atoms with E-state index < -0.39 is 5.97 Å². The molecular formula is C34H35N3O7. The molecule has 0 atom stereocenters. The Bertz CT molecular complexity index is 1590. The van der Waals surface area contributed by atoms with Crippen LogP contribution in [0.3, 0.4) is 0 Å². The molecule has 4 aromatic carbocycles. The number of hydrogen-bond acceptors (Lipinski definition) is 9. The lowest BCUT2D eigenvalue weighted by molar-refractivity contribution is -0.132. The van der Waals surface area contributed by atoms with Crippen molar-refractivity contribution in [2.24, 2.45) is 10.3 Å². The summed E-state index contributed by atoms with van der Waals surface area (Å²) in [5.74, 6) is 1.10. The van der Waals surface area contributed by atoms with Gasteiger partial charge in [0, 0.05) is 12.6 Å². The van der Waals surface area contributed by atoms with Crippen molar-refractivity contribution in [1.82, 2.24) is 5.32 Å². The van der Waals surface area contributed by atoms with E-state index in [1.807, 2.05) is 85.8 Å². The van der Waals surface area contributed by atoms with Gasteiger partial charge in [-0.1, -0.05) is 83.1 Å². The number of benzene rings is 4. The fourth-order valence-corrected chi connectivity index (χ4v) is 3.92. The van der Waals surface area contributed by atoms with Gasteiger partial charge in [-0.25, -0.2) is 4.79 Å². The van der Waals surface area contributed by atoms with Gasteiger partial charge in [0.2, 0.25) is 0 Å². The van der Waals surface area contributed by atoms with Crippen LogP contribution in [-0.4, -0.2) is 51.7 Å². The molecule has 0 spiro atoms. The Labute approximate surface area is 256 Å². The Morgan fingerprint density at radius 2 is 1.25 bits per heavy atom. The molecule has 0 unspecified atom stereocenters. The van der Waals surface area contributed by atoms with Gasteiger partial charge in [-0.15, -0.1) is 0 Å². The molecule has 0 saturated carbocycles. The van der Waals surface area contributed by atoms with Crippen LogP contribution in [-0.2, 0) is 30.6 Å². The molecule has 1 amide bonds. The summed E-state index contributed by atoms with van der Waals surface area (Å²) in [5, 5.41) is 10.1. The van der Waals surface area contributed by atoms with Crippen molar-refractivity contribution in [2.45, 2.75) is 13.5 Å². The molecule has 0 saturated heterocycles. The Hall–Kier alpha value is -5.64. The van der Waals surface area contributed by atoms with Crippen molar-refractivity contribution in [3.8, 4) is 17.2 Å². The Kier molecular flexibility index (Phi) is 13.0. The van der Waals surface area contributed by atoms with E-state index in [1.165, 1.54) is 28.4 Å². The van der Waals surface area contributed by atoms with Gasteiger partial charge in [0.15, 0.2) is 11.4 Å². The number of aryl methyl sites for hydroxylation is 1. The van der Waals surface area contributed by atoms with Gasteiger partial charge in [-0.3, -0.25) is 4.79 Å². The highest BCUT2D eigenvalue weighted by atomic mass is 16.6. The third-order valence-corrected chi connectivity index (χ3v) is 6.05. The van der Waals surface area contributed by atoms with Crippen molar-refractivity contribution in [1.29, 1.82) is 0 Å². The predicted octanol–water partition coefficient (Wildman–Crippen LogP) is 5.67. The maximum Gasteiger partial charge on any atom is 0.360 e. The second kappa shape index (κ2) is 17.3. The lowest BCUT2D eigenvalue weighted by Crippen LogP contribution is -2.28. The number of hydrogen-bond donors (Lipinski definition) is 1. The molecule has 44 heavy (non-hydrogen) atoms. The third-order valence-electron chi connectivity index (χ3n) is 6.05. The summed E-state index contributed by atoms with van der Waals surface area (Å²) in [5.41, 5.74) is 3.31. The quantitative estimate of drug-likeness (QED) is 0.134. The molecule has 1 N–H and O–H groups in total. The van der Waals surface area contributed by atoms with Crippen molar-refractivity contribution in [2.75, 3.05) is 28.4 Å². The summed E-state index contributed by atoms with van der Waals surface area (Å²) >= 11 is 0. The minimum atomic E-state index is -0.560. The molecule has 0 heterocycles. The van der Waals surface area contributed by atoms with Crippen LogP contribution in [0.15, 0.2) is 113 Å². The number of ether oxygens (including phenoxy) is 3. The lowest BCUT2D eigenvalue weighted by atomic mass is 10.0. The van der Waals surface area contributed by atoms with Crippen molar-refractivity contribution in [3.05, 3.63) is 125 Å². The second-order valence-electron chi connectivity index (χ2n) is 8.94. The van der Waals surface area contributed by atoms with Crippen LogP contribution in [0.5, 0.6) is 17.2 Å². The number of methoxy groups -OCH3 is 1. The van der Waals surface area contributed by atoms with Crippen molar-refractivity contribution in [3.63, 3.8) is 0 Å². The van der Waals surface area contributed by atoms with E-state index in [1.54, 1.807) is 24.3 Å². The monoisotopic (exact) mass is 597 g/mol. The standard InChI is InChI=1S/C18H19NO4.C16H16N2O3/c1-13-8-4-7-11-16(13)23-12-14-9-5-6-10-15(14)17(19-22-3)18(20)21-2;1-17-16(19)15(18-20-2)13-10-6-7-11-14(13)21-12-8-4-3-5-9-12/h4-11H,12H2,1-3H3;3-11H,1-2H3,(H,17,19)/b19-17+;18-15+. The zero-order chi connectivity index (χ0) is 31.7. The molecule has 0 radical (unpaired) electrons. The summed E-state index contributed by atoms with van der Waals surface area (Å²) in [6.07, 6.45) is 0. The van der Waals surface area contributed by atoms with Crippen molar-refractivity contribution < 1.29 is 33.5 Å². The molecule has 0 bridgehead atoms. The third kappa shape index (κ3) is 9.18. The summed E-state index contributed by atoms with van der Waals surface area (Å²) < 4.78 is 16.4. The number of nitrogens with one attached hydrogen (secondary N) is 1. The molecule has 4 rings (SSSR count). The van der Waals surface area contributed by atoms with E-state index in [2.05, 4.69) is 15.6 Å². The fraction of sp³-hybridized carbons (Fsp3) is 0.176. The maximum atomic E-state index is 11.9. The first kappa shape index (κ1) is 32.9. The van der Waals surface area contributed by atoms with Crippen LogP contribution >= 0.6 is 0 Å². The van der Waals surface area contributed by atoms with E-state index in [0.717, 1.165) is 16.9 Å². The Morgan fingerprint density at radius 1 is 0.682 bits per heavy atom. The zero-order valence-electron chi connectivity index (χ0n) is 25.3. The highest BCUT2D eigenvalue weighted by molar-refractivity contribution is 6.45. The van der Waals surface area contributed by atoms with Gasteiger partial charge in [-0.05, 0) is 48.4 Å². The Balaban J connectivity index is 0.000000241. The van der Waals surface area contributed by atoms with E-state index >= 15 is 0 Å². The molecule has 0 aliphatic carbocycles. The number of oxime groups is 2. The maximum absolute atomic E-state index is 11.9. The van der Waals surface area contributed by atoms with Gasteiger partial charge >= 0.3 is 5.97 Å². The number of rotatable bonds is 11. The van der Waals surface area contributed by atoms with E-state index in [-0.39, 0.29) is 17.3 Å². The van der Waals surface area contributed by atoms with Crippen LogP contribution in [0.2, 0.25) is 0 Å². The first-order valence-electron chi connectivity index (χ1n) is 13.5. The predicted molar refractivity (Wildman–Crippen MR) is 168 cm³/mol. The number of carbonyl (C=O) groups excluding carboxylic acids is 2. The van der Waals surface area contributed by atoms with Gasteiger partial charge in [0.25, 0.3) is 5.91 Å². The number of esters is 1. The number of para-hydroxylation sites is 3. The molecule has 0 aliphatic rings. The fourth-order valence-electron chi connectivity index (χ4n) is 3.92. The first-order valence-corrected chi connectivity index (χ1v) is 13.5. The zero-order valence-corrected chi connectivity index (χ0v) is 25.3.